The number of rotatable bonds is 2. The maximum atomic E-state index is 12.9. The Morgan fingerprint density at radius 2 is 1.78 bits per heavy atom. The van der Waals surface area contributed by atoms with Crippen LogP contribution in [0.15, 0.2) is 36.4 Å². The van der Waals surface area contributed by atoms with Crippen LogP contribution in [0.1, 0.15) is 23.4 Å². The van der Waals surface area contributed by atoms with Gasteiger partial charge in [0.2, 0.25) is 0 Å². The van der Waals surface area contributed by atoms with E-state index < -0.39 is 11.7 Å². The molecule has 0 aliphatic carbocycles. The van der Waals surface area contributed by atoms with E-state index in [2.05, 4.69) is 0 Å². The van der Waals surface area contributed by atoms with Crippen molar-refractivity contribution in [1.82, 2.24) is 0 Å². The van der Waals surface area contributed by atoms with Gasteiger partial charge in [0, 0.05) is 21.4 Å². The Morgan fingerprint density at radius 1 is 1.11 bits per heavy atom. The zero-order chi connectivity index (χ0) is 13.3. The van der Waals surface area contributed by atoms with Crippen molar-refractivity contribution in [3.63, 3.8) is 0 Å². The maximum absolute atomic E-state index is 12.9. The molecule has 0 amide bonds. The summed E-state index contributed by atoms with van der Waals surface area (Å²) in [7, 11) is 0. The molecule has 0 aliphatic rings. The topological polar surface area (TPSA) is 26.0 Å². The monoisotopic (exact) mass is 271 g/mol. The molecule has 1 unspecified atom stereocenters. The fourth-order valence-electron chi connectivity index (χ4n) is 1.69. The van der Waals surface area contributed by atoms with Gasteiger partial charge in [0.15, 0.2) is 0 Å². The Morgan fingerprint density at radius 3 is 2.33 bits per heavy atom. The average Bonchev–Trinajstić information content (AvgIpc) is 2.77. The summed E-state index contributed by atoms with van der Waals surface area (Å²) in [6.07, 6.45) is -4.34. The predicted molar refractivity (Wildman–Crippen MR) is 67.4 cm³/mol. The highest BCUT2D eigenvalue weighted by Crippen LogP contribution is 2.39. The summed E-state index contributed by atoms with van der Waals surface area (Å²) < 4.78 is 38.6. The first kappa shape index (κ1) is 13.1. The SMILES string of the molecule is CC(N)c1ccc(-c2ccccc2C(F)(F)F)s1. The second kappa shape index (κ2) is 4.74. The zero-order valence-corrected chi connectivity index (χ0v) is 10.5. The summed E-state index contributed by atoms with van der Waals surface area (Å²) >= 11 is 1.30. The molecule has 2 N–H and O–H groups in total. The quantitative estimate of drug-likeness (QED) is 0.857. The highest BCUT2D eigenvalue weighted by atomic mass is 32.1. The van der Waals surface area contributed by atoms with Gasteiger partial charge in [-0.2, -0.15) is 13.2 Å². The van der Waals surface area contributed by atoms with Gasteiger partial charge >= 0.3 is 6.18 Å². The van der Waals surface area contributed by atoms with Crippen LogP contribution in [0.5, 0.6) is 0 Å². The van der Waals surface area contributed by atoms with Crippen LogP contribution in [0.2, 0.25) is 0 Å². The number of hydrogen-bond acceptors (Lipinski definition) is 2. The Labute approximate surface area is 107 Å². The van der Waals surface area contributed by atoms with Gasteiger partial charge in [0.25, 0.3) is 0 Å². The van der Waals surface area contributed by atoms with E-state index in [4.69, 9.17) is 5.73 Å². The van der Waals surface area contributed by atoms with Crippen LogP contribution < -0.4 is 5.73 Å². The molecule has 96 valence electrons. The largest absolute Gasteiger partial charge is 0.417 e. The first-order chi connectivity index (χ1) is 8.39. The van der Waals surface area contributed by atoms with Crippen molar-refractivity contribution in [2.75, 3.05) is 0 Å². The summed E-state index contributed by atoms with van der Waals surface area (Å²) in [6, 6.07) is 8.88. The molecular formula is C13H12F3NS. The van der Waals surface area contributed by atoms with Crippen LogP contribution in [0.4, 0.5) is 13.2 Å². The van der Waals surface area contributed by atoms with E-state index in [0.29, 0.717) is 4.88 Å². The minimum absolute atomic E-state index is 0.165. The highest BCUT2D eigenvalue weighted by Gasteiger charge is 2.33. The summed E-state index contributed by atoms with van der Waals surface area (Å²) in [5, 5.41) is 0. The van der Waals surface area contributed by atoms with Crippen molar-refractivity contribution >= 4 is 11.3 Å². The van der Waals surface area contributed by atoms with Crippen LogP contribution in [0, 0.1) is 0 Å². The van der Waals surface area contributed by atoms with Crippen molar-refractivity contribution in [2.45, 2.75) is 19.1 Å². The third-order valence-corrected chi connectivity index (χ3v) is 3.89. The average molecular weight is 271 g/mol. The van der Waals surface area contributed by atoms with Gasteiger partial charge in [-0.15, -0.1) is 11.3 Å². The lowest BCUT2D eigenvalue weighted by molar-refractivity contribution is -0.137. The summed E-state index contributed by atoms with van der Waals surface area (Å²) in [6.45, 7) is 1.81. The zero-order valence-electron chi connectivity index (χ0n) is 9.66. The predicted octanol–water partition coefficient (Wildman–Crippen LogP) is 4.45. The smallest absolute Gasteiger partial charge is 0.324 e. The molecule has 0 bridgehead atoms. The standard InChI is InChI=1S/C13H12F3NS/c1-8(17)11-6-7-12(18-11)9-4-2-3-5-10(9)13(14,15)16/h2-8H,17H2,1H3. The lowest BCUT2D eigenvalue weighted by Crippen LogP contribution is -2.06. The van der Waals surface area contributed by atoms with E-state index in [1.807, 2.05) is 6.92 Å². The fraction of sp³-hybridized carbons (Fsp3) is 0.231. The molecule has 18 heavy (non-hydrogen) atoms. The van der Waals surface area contributed by atoms with Crippen LogP contribution in [-0.2, 0) is 6.18 Å². The van der Waals surface area contributed by atoms with Gasteiger partial charge in [-0.3, -0.25) is 0 Å². The van der Waals surface area contributed by atoms with E-state index in [0.717, 1.165) is 10.9 Å². The molecule has 2 aromatic rings. The van der Waals surface area contributed by atoms with Gasteiger partial charge in [-0.25, -0.2) is 0 Å². The maximum Gasteiger partial charge on any atom is 0.417 e. The molecule has 1 heterocycles. The van der Waals surface area contributed by atoms with Crippen LogP contribution >= 0.6 is 11.3 Å². The van der Waals surface area contributed by atoms with Crippen LogP contribution in [-0.4, -0.2) is 0 Å². The number of alkyl halides is 3. The van der Waals surface area contributed by atoms with Crippen LogP contribution in [0.25, 0.3) is 10.4 Å². The molecule has 0 spiro atoms. The second-order valence-electron chi connectivity index (χ2n) is 4.03. The summed E-state index contributed by atoms with van der Waals surface area (Å²) in [5.74, 6) is 0. The molecule has 0 radical (unpaired) electrons. The summed E-state index contributed by atoms with van der Waals surface area (Å²) in [4.78, 5) is 1.47. The van der Waals surface area contributed by atoms with Crippen molar-refractivity contribution in [3.8, 4) is 10.4 Å². The lowest BCUT2D eigenvalue weighted by atomic mass is 10.1. The number of nitrogens with two attached hydrogens (primary N) is 1. The molecule has 0 aliphatic heterocycles. The molecule has 0 fully saturated rings. The third-order valence-electron chi connectivity index (χ3n) is 2.57. The number of benzene rings is 1. The normalized spacial score (nSPS) is 13.6. The van der Waals surface area contributed by atoms with Crippen molar-refractivity contribution in [2.24, 2.45) is 5.73 Å². The van der Waals surface area contributed by atoms with Crippen molar-refractivity contribution in [1.29, 1.82) is 0 Å². The first-order valence-corrected chi connectivity index (χ1v) is 6.23. The van der Waals surface area contributed by atoms with Gasteiger partial charge in [0.1, 0.15) is 0 Å². The van der Waals surface area contributed by atoms with Gasteiger partial charge in [-0.05, 0) is 25.1 Å². The first-order valence-electron chi connectivity index (χ1n) is 5.41. The molecule has 1 aromatic heterocycles. The van der Waals surface area contributed by atoms with Crippen LogP contribution in [0.3, 0.4) is 0 Å². The Kier molecular flexibility index (Phi) is 3.45. The minimum Gasteiger partial charge on any atom is -0.324 e. The molecule has 0 saturated heterocycles. The molecule has 5 heteroatoms. The van der Waals surface area contributed by atoms with E-state index in [-0.39, 0.29) is 11.6 Å². The van der Waals surface area contributed by atoms with Gasteiger partial charge < -0.3 is 5.73 Å². The highest BCUT2D eigenvalue weighted by molar-refractivity contribution is 7.15. The van der Waals surface area contributed by atoms with Crippen molar-refractivity contribution in [3.05, 3.63) is 46.8 Å². The molecule has 0 saturated carbocycles. The van der Waals surface area contributed by atoms with E-state index in [1.54, 1.807) is 18.2 Å². The van der Waals surface area contributed by atoms with E-state index in [1.165, 1.54) is 23.5 Å². The fourth-order valence-corrected chi connectivity index (χ4v) is 2.69. The lowest BCUT2D eigenvalue weighted by Gasteiger charge is -2.11. The third kappa shape index (κ3) is 2.57. The summed E-state index contributed by atoms with van der Waals surface area (Å²) in [5.41, 5.74) is 5.32. The molecule has 2 rings (SSSR count). The van der Waals surface area contributed by atoms with E-state index >= 15 is 0 Å². The Hall–Kier alpha value is -1.33. The minimum atomic E-state index is -4.34. The second-order valence-corrected chi connectivity index (χ2v) is 5.15. The van der Waals surface area contributed by atoms with Gasteiger partial charge in [0.05, 0.1) is 5.56 Å². The van der Waals surface area contributed by atoms with E-state index in [9.17, 15) is 13.2 Å². The Bertz CT molecular complexity index is 543. The number of hydrogen-bond donors (Lipinski definition) is 1. The Balaban J connectivity index is 2.50. The number of halogens is 3. The molecular weight excluding hydrogens is 259 g/mol. The van der Waals surface area contributed by atoms with Gasteiger partial charge in [-0.1, -0.05) is 18.2 Å². The molecule has 1 aromatic carbocycles. The van der Waals surface area contributed by atoms with Crippen molar-refractivity contribution < 1.29 is 13.2 Å². The number of thiophene rings is 1. The molecule has 1 atom stereocenters. The molecule has 1 nitrogen and oxygen atoms in total.